The van der Waals surface area contributed by atoms with Crippen LogP contribution in [0.4, 0.5) is 0 Å². The van der Waals surface area contributed by atoms with Crippen LogP contribution < -0.4 is 5.32 Å². The Balaban J connectivity index is 2.12. The van der Waals surface area contributed by atoms with Gasteiger partial charge in [0.25, 0.3) is 0 Å². The quantitative estimate of drug-likeness (QED) is 0.862. The van der Waals surface area contributed by atoms with Gasteiger partial charge in [0.1, 0.15) is 0 Å². The highest BCUT2D eigenvalue weighted by atomic mass is 127. The van der Waals surface area contributed by atoms with Crippen LogP contribution in [0.15, 0.2) is 35.8 Å². The molecule has 0 aromatic carbocycles. The van der Waals surface area contributed by atoms with Gasteiger partial charge in [-0.15, -0.1) is 11.3 Å². The minimum Gasteiger partial charge on any atom is -0.313 e. The second-order valence-electron chi connectivity index (χ2n) is 3.55. The predicted octanol–water partition coefficient (Wildman–Crippen LogP) is 3.25. The van der Waals surface area contributed by atoms with Crippen molar-refractivity contribution in [2.24, 2.45) is 0 Å². The maximum absolute atomic E-state index is 4.36. The second kappa shape index (κ2) is 5.75. The Kier molecular flexibility index (Phi) is 4.31. The van der Waals surface area contributed by atoms with Gasteiger partial charge in [0, 0.05) is 24.4 Å². The van der Waals surface area contributed by atoms with E-state index in [0.717, 1.165) is 12.1 Å². The Bertz CT molecular complexity index is 441. The molecule has 0 bridgehead atoms. The van der Waals surface area contributed by atoms with Crippen LogP contribution >= 0.6 is 33.9 Å². The molecule has 2 heterocycles. The number of nitrogens with zero attached hydrogens (tertiary/aromatic N) is 1. The molecule has 2 aromatic heterocycles. The fraction of sp³-hybridized carbons (Fsp3) is 0.250. The number of pyridine rings is 1. The summed E-state index contributed by atoms with van der Waals surface area (Å²) < 4.78 is 1.33. The molecule has 0 radical (unpaired) electrons. The third kappa shape index (κ3) is 3.02. The van der Waals surface area contributed by atoms with Gasteiger partial charge in [-0.2, -0.15) is 0 Å². The van der Waals surface area contributed by atoms with E-state index in [9.17, 15) is 0 Å². The number of likely N-dealkylation sites (N-methyl/N-ethyl adjacent to an activating group) is 1. The van der Waals surface area contributed by atoms with E-state index in [2.05, 4.69) is 50.4 Å². The predicted molar refractivity (Wildman–Crippen MR) is 76.8 cm³/mol. The first kappa shape index (κ1) is 12.0. The molecule has 0 aliphatic rings. The standard InChI is InChI=1S/C12H13IN2S/c1-14-11(9-6-12(13)16-8-9)7-10-4-2-3-5-15-10/h2-6,8,11,14H,7H2,1H3. The van der Waals surface area contributed by atoms with E-state index in [4.69, 9.17) is 0 Å². The summed E-state index contributed by atoms with van der Waals surface area (Å²) in [7, 11) is 2.00. The molecule has 84 valence electrons. The molecule has 16 heavy (non-hydrogen) atoms. The van der Waals surface area contributed by atoms with E-state index in [1.165, 1.54) is 8.45 Å². The van der Waals surface area contributed by atoms with E-state index in [0.29, 0.717) is 6.04 Å². The van der Waals surface area contributed by atoms with Crippen LogP contribution in [0.5, 0.6) is 0 Å². The van der Waals surface area contributed by atoms with Crippen molar-refractivity contribution in [3.05, 3.63) is 50.0 Å². The van der Waals surface area contributed by atoms with Crippen LogP contribution in [-0.4, -0.2) is 12.0 Å². The highest BCUT2D eigenvalue weighted by Crippen LogP contribution is 2.24. The van der Waals surface area contributed by atoms with Crippen molar-refractivity contribution in [1.29, 1.82) is 0 Å². The summed E-state index contributed by atoms with van der Waals surface area (Å²) in [5.41, 5.74) is 2.48. The average Bonchev–Trinajstić information content (AvgIpc) is 2.74. The molecular formula is C12H13IN2S. The summed E-state index contributed by atoms with van der Waals surface area (Å²) in [6, 6.07) is 8.64. The Labute approximate surface area is 113 Å². The van der Waals surface area contributed by atoms with Crippen LogP contribution in [0, 0.1) is 2.88 Å². The lowest BCUT2D eigenvalue weighted by molar-refractivity contribution is 0.586. The zero-order valence-corrected chi connectivity index (χ0v) is 12.0. The number of aromatic nitrogens is 1. The van der Waals surface area contributed by atoms with Crippen LogP contribution in [0.25, 0.3) is 0 Å². The molecule has 1 unspecified atom stereocenters. The first-order valence-electron chi connectivity index (χ1n) is 5.10. The van der Waals surface area contributed by atoms with Gasteiger partial charge in [-0.05, 0) is 58.8 Å². The van der Waals surface area contributed by atoms with Crippen molar-refractivity contribution in [2.45, 2.75) is 12.5 Å². The second-order valence-corrected chi connectivity index (χ2v) is 6.36. The number of rotatable bonds is 4. The van der Waals surface area contributed by atoms with Gasteiger partial charge in [0.05, 0.1) is 2.88 Å². The minimum absolute atomic E-state index is 0.356. The van der Waals surface area contributed by atoms with Gasteiger partial charge >= 0.3 is 0 Å². The van der Waals surface area contributed by atoms with E-state index < -0.39 is 0 Å². The van der Waals surface area contributed by atoms with Gasteiger partial charge in [-0.25, -0.2) is 0 Å². The van der Waals surface area contributed by atoms with E-state index in [1.807, 2.05) is 25.4 Å². The number of thiophene rings is 1. The lowest BCUT2D eigenvalue weighted by Gasteiger charge is -2.14. The molecule has 0 aliphatic heterocycles. The molecule has 2 rings (SSSR count). The third-order valence-corrected chi connectivity index (χ3v) is 4.29. The van der Waals surface area contributed by atoms with Gasteiger partial charge < -0.3 is 5.32 Å². The third-order valence-electron chi connectivity index (χ3n) is 2.48. The van der Waals surface area contributed by atoms with E-state index in [-0.39, 0.29) is 0 Å². The van der Waals surface area contributed by atoms with Crippen molar-refractivity contribution >= 4 is 33.9 Å². The van der Waals surface area contributed by atoms with Gasteiger partial charge in [-0.3, -0.25) is 4.98 Å². The lowest BCUT2D eigenvalue weighted by atomic mass is 10.1. The molecule has 0 fully saturated rings. The highest BCUT2D eigenvalue weighted by Gasteiger charge is 2.12. The van der Waals surface area contributed by atoms with Gasteiger partial charge in [0.15, 0.2) is 0 Å². The number of hydrogen-bond acceptors (Lipinski definition) is 3. The van der Waals surface area contributed by atoms with Crippen LogP contribution in [0.3, 0.4) is 0 Å². The summed E-state index contributed by atoms with van der Waals surface area (Å²) in [5, 5.41) is 5.56. The zero-order chi connectivity index (χ0) is 11.4. The fourth-order valence-corrected chi connectivity index (χ4v) is 3.05. The summed E-state index contributed by atoms with van der Waals surface area (Å²) >= 11 is 4.14. The molecule has 0 saturated carbocycles. The summed E-state index contributed by atoms with van der Waals surface area (Å²) in [5.74, 6) is 0. The van der Waals surface area contributed by atoms with Crippen molar-refractivity contribution in [3.8, 4) is 0 Å². The smallest absolute Gasteiger partial charge is 0.0656 e. The number of hydrogen-bond donors (Lipinski definition) is 1. The van der Waals surface area contributed by atoms with Gasteiger partial charge in [-0.1, -0.05) is 6.07 Å². The van der Waals surface area contributed by atoms with E-state index in [1.54, 1.807) is 11.3 Å². The molecule has 0 saturated heterocycles. The fourth-order valence-electron chi connectivity index (χ4n) is 1.62. The van der Waals surface area contributed by atoms with E-state index >= 15 is 0 Å². The van der Waals surface area contributed by atoms with Crippen LogP contribution in [-0.2, 0) is 6.42 Å². The lowest BCUT2D eigenvalue weighted by Crippen LogP contribution is -2.18. The topological polar surface area (TPSA) is 24.9 Å². The molecular weight excluding hydrogens is 331 g/mol. The molecule has 4 heteroatoms. The molecule has 2 nitrogen and oxygen atoms in total. The van der Waals surface area contributed by atoms with Gasteiger partial charge in [0.2, 0.25) is 0 Å². The molecule has 1 atom stereocenters. The normalized spacial score (nSPS) is 12.6. The molecule has 0 spiro atoms. The van der Waals surface area contributed by atoms with Crippen LogP contribution in [0.2, 0.25) is 0 Å². The first-order chi connectivity index (χ1) is 7.79. The number of halogens is 1. The Morgan fingerprint density at radius 2 is 2.38 bits per heavy atom. The zero-order valence-electron chi connectivity index (χ0n) is 8.98. The first-order valence-corrected chi connectivity index (χ1v) is 7.06. The maximum Gasteiger partial charge on any atom is 0.0656 e. The summed E-state index contributed by atoms with van der Waals surface area (Å²) in [6.45, 7) is 0. The Morgan fingerprint density at radius 1 is 1.50 bits per heavy atom. The van der Waals surface area contributed by atoms with Crippen molar-refractivity contribution in [1.82, 2.24) is 10.3 Å². The summed E-state index contributed by atoms with van der Waals surface area (Å²) in [4.78, 5) is 4.36. The Morgan fingerprint density at radius 3 is 2.94 bits per heavy atom. The van der Waals surface area contributed by atoms with Crippen molar-refractivity contribution in [3.63, 3.8) is 0 Å². The monoisotopic (exact) mass is 344 g/mol. The van der Waals surface area contributed by atoms with Crippen molar-refractivity contribution in [2.75, 3.05) is 7.05 Å². The van der Waals surface area contributed by atoms with Crippen molar-refractivity contribution < 1.29 is 0 Å². The van der Waals surface area contributed by atoms with Crippen LogP contribution in [0.1, 0.15) is 17.3 Å². The Hall–Kier alpha value is -0.460. The maximum atomic E-state index is 4.36. The largest absolute Gasteiger partial charge is 0.313 e. The molecule has 2 aromatic rings. The number of nitrogens with one attached hydrogen (secondary N) is 1. The average molecular weight is 344 g/mol. The molecule has 1 N–H and O–H groups in total. The molecule has 0 aliphatic carbocycles. The molecule has 0 amide bonds. The highest BCUT2D eigenvalue weighted by molar-refractivity contribution is 14.1. The SMILES string of the molecule is CNC(Cc1ccccn1)c1csc(I)c1. The summed E-state index contributed by atoms with van der Waals surface area (Å²) in [6.07, 6.45) is 2.78. The minimum atomic E-state index is 0.356.